The number of ether oxygens (including phenoxy) is 8. The van der Waals surface area contributed by atoms with Gasteiger partial charge in [-0.1, -0.05) is 60.7 Å². The molecule has 6 rings (SSSR count). The van der Waals surface area contributed by atoms with E-state index in [1.807, 2.05) is 0 Å². The first-order valence-corrected chi connectivity index (χ1v) is 22.9. The molecule has 0 aliphatic rings. The second kappa shape index (κ2) is 37.0. The Morgan fingerprint density at radius 1 is 0.350 bits per heavy atom. The minimum atomic E-state index is -0.832. The van der Waals surface area contributed by atoms with Crippen LogP contribution in [0.15, 0.2) is 154 Å². The van der Waals surface area contributed by atoms with Gasteiger partial charge in [0.25, 0.3) is 0 Å². The van der Waals surface area contributed by atoms with Crippen molar-refractivity contribution in [3.05, 3.63) is 200 Å². The predicted molar refractivity (Wildman–Crippen MR) is 291 cm³/mol. The zero-order valence-electron chi connectivity index (χ0n) is 44.5. The summed E-state index contributed by atoms with van der Waals surface area (Å²) < 4.78 is 40.8. The van der Waals surface area contributed by atoms with Crippen molar-refractivity contribution in [3.8, 4) is 23.0 Å². The summed E-state index contributed by atoms with van der Waals surface area (Å²) in [6, 6.07) is 38.7. The minimum Gasteiger partial charge on any atom is -0.508 e. The second-order valence-corrected chi connectivity index (χ2v) is 15.6. The molecule has 0 unspecified atom stereocenters. The van der Waals surface area contributed by atoms with Gasteiger partial charge in [-0.25, -0.2) is 9.97 Å². The molecule has 4 N–H and O–H groups in total. The summed E-state index contributed by atoms with van der Waals surface area (Å²) in [4.78, 5) is 56.7. The van der Waals surface area contributed by atoms with Crippen molar-refractivity contribution in [2.45, 2.75) is 54.1 Å². The van der Waals surface area contributed by atoms with E-state index in [2.05, 4.69) is 52.1 Å². The molecular formula is C54H58Cu2N10O14. The number of carbonyl (C=O) groups excluding carboxylic acids is 4. The van der Waals surface area contributed by atoms with Crippen molar-refractivity contribution >= 4 is 47.2 Å². The Hall–Kier alpha value is -8.90. The predicted octanol–water partition coefficient (Wildman–Crippen LogP) is 10.3. The van der Waals surface area contributed by atoms with Crippen molar-refractivity contribution < 1.29 is 102 Å². The number of nitrogens with zero attached hydrogens (tertiary/aromatic N) is 10. The first-order chi connectivity index (χ1) is 36.7. The van der Waals surface area contributed by atoms with Gasteiger partial charge in [0.1, 0.15) is 49.4 Å². The summed E-state index contributed by atoms with van der Waals surface area (Å²) in [5, 5.41) is 15.6. The fourth-order valence-corrected chi connectivity index (χ4v) is 5.93. The molecule has 0 bridgehead atoms. The van der Waals surface area contributed by atoms with Crippen LogP contribution in [-0.4, -0.2) is 96.6 Å². The first-order valence-electron chi connectivity index (χ1n) is 22.9. The second-order valence-electron chi connectivity index (χ2n) is 15.6. The summed E-state index contributed by atoms with van der Waals surface area (Å²) in [5.74, 6) is 2.83. The fourth-order valence-electron chi connectivity index (χ4n) is 5.93. The number of hydrogen-bond acceptors (Lipinski definition) is 18. The fraction of sp³-hybridized carbons (Fsp3) is 0.222. The summed E-state index contributed by atoms with van der Waals surface area (Å²) in [6.45, 7) is 6.82. The van der Waals surface area contributed by atoms with Crippen LogP contribution in [-0.2, 0) is 79.5 Å². The maximum Gasteiger partial charge on any atom is 2.00 e. The van der Waals surface area contributed by atoms with Crippen LogP contribution in [0.4, 0.5) is 19.2 Å². The Balaban J connectivity index is 0.000000762. The molecule has 430 valence electrons. The molecule has 0 atom stereocenters. The SMILES string of the molecule is COc1ccc(COC(=O)[N-]/N=C(\C)c2cccc(/C(C)=N/[N-]C(=O)OCc3ccc(OC)cc3)n2)cc1.COc1ccc(COC(=O)[N-]/N=C(\C)c2cccc(/C(C)=N/[N-]C(=O)OCc3ccc(OC)cc3)n2)cc1.O.O.[Cu+2].[Cu+2]. The van der Waals surface area contributed by atoms with Crippen LogP contribution in [0.3, 0.4) is 0 Å². The Morgan fingerprint density at radius 3 is 0.713 bits per heavy atom. The first kappa shape index (κ1) is 69.1. The molecule has 4 aromatic carbocycles. The van der Waals surface area contributed by atoms with E-state index < -0.39 is 24.4 Å². The number of rotatable bonds is 20. The molecular weight excluding hydrogens is 1140 g/mol. The van der Waals surface area contributed by atoms with Crippen LogP contribution in [0, 0.1) is 0 Å². The third-order valence-electron chi connectivity index (χ3n) is 10.2. The van der Waals surface area contributed by atoms with Crippen LogP contribution in [0.25, 0.3) is 21.7 Å². The minimum absolute atomic E-state index is 0. The third-order valence-corrected chi connectivity index (χ3v) is 10.2. The Kier molecular flexibility index (Phi) is 32.0. The van der Waals surface area contributed by atoms with Gasteiger partial charge in [0.2, 0.25) is 24.4 Å². The molecule has 24 nitrogen and oxygen atoms in total. The van der Waals surface area contributed by atoms with Crippen LogP contribution >= 0.6 is 0 Å². The van der Waals surface area contributed by atoms with E-state index in [4.69, 9.17) is 37.9 Å². The maximum atomic E-state index is 12.0. The summed E-state index contributed by atoms with van der Waals surface area (Å²) in [6.07, 6.45) is -3.33. The van der Waals surface area contributed by atoms with Gasteiger partial charge in [-0.15, -0.1) is 0 Å². The van der Waals surface area contributed by atoms with Crippen molar-refractivity contribution in [2.24, 2.45) is 20.4 Å². The zero-order chi connectivity index (χ0) is 54.7. The van der Waals surface area contributed by atoms with Gasteiger partial charge in [-0.05, 0) is 123 Å². The molecule has 0 saturated heterocycles. The van der Waals surface area contributed by atoms with E-state index in [0.717, 1.165) is 22.3 Å². The number of methoxy groups -OCH3 is 4. The van der Waals surface area contributed by atoms with Gasteiger partial charge in [0.05, 0.1) is 51.2 Å². The number of carbonyl (C=O) groups is 4. The maximum absolute atomic E-state index is 12.0. The van der Waals surface area contributed by atoms with Gasteiger partial charge in [0, 0.05) is 22.8 Å². The molecule has 6 aromatic rings. The molecule has 0 saturated carbocycles. The van der Waals surface area contributed by atoms with Crippen LogP contribution in [0.1, 0.15) is 72.7 Å². The monoisotopic (exact) mass is 1200 g/mol. The van der Waals surface area contributed by atoms with Crippen LogP contribution < -0.4 is 18.9 Å². The van der Waals surface area contributed by atoms with E-state index in [1.165, 1.54) is 0 Å². The third kappa shape index (κ3) is 24.2. The molecule has 80 heavy (non-hydrogen) atoms. The Labute approximate surface area is 483 Å². The standard InChI is InChI=1S/2C27H29N5O6.2Cu.2H2O/c2*1-18(29-31-26(33)37-16-20-8-12-22(35-3)13-9-20)24-6-5-7-25(28-24)19(2)30-32-27(34)38-17-21-10-14-23(36-4)15-11-21;;;;/h2*5-15H,16-17H2,1-4H3,(H2,28,31,32,33,34);;;2*1H2/q;;2*+2;;/p-4. The number of aromatic nitrogens is 2. The smallest absolute Gasteiger partial charge is 0.508 e. The van der Waals surface area contributed by atoms with Gasteiger partial charge in [-0.2, -0.15) is 0 Å². The Bertz CT molecular complexity index is 2610. The van der Waals surface area contributed by atoms with E-state index in [1.54, 1.807) is 190 Å². The van der Waals surface area contributed by atoms with E-state index in [-0.39, 0.29) is 71.5 Å². The largest absolute Gasteiger partial charge is 2.00 e. The molecule has 0 fully saturated rings. The average molecular weight is 1200 g/mol. The molecule has 26 heteroatoms. The van der Waals surface area contributed by atoms with Gasteiger partial charge in [0.15, 0.2) is 0 Å². The van der Waals surface area contributed by atoms with Crippen LogP contribution in [0.5, 0.6) is 23.0 Å². The number of benzene rings is 4. The summed E-state index contributed by atoms with van der Waals surface area (Å²) >= 11 is 0. The van der Waals surface area contributed by atoms with Gasteiger partial charge in [-0.3, -0.25) is 19.2 Å². The summed E-state index contributed by atoms with van der Waals surface area (Å²) in [5.41, 5.74) is 20.9. The normalized spacial score (nSPS) is 10.8. The molecule has 2 radical (unpaired) electrons. The molecule has 0 spiro atoms. The number of amides is 4. The molecule has 0 aliphatic heterocycles. The molecule has 4 amide bonds. The molecule has 2 aromatic heterocycles. The van der Waals surface area contributed by atoms with Crippen molar-refractivity contribution in [3.63, 3.8) is 0 Å². The summed E-state index contributed by atoms with van der Waals surface area (Å²) in [7, 11) is 6.30. The molecule has 2 heterocycles. The topological polar surface area (TPSA) is 337 Å². The van der Waals surface area contributed by atoms with E-state index in [9.17, 15) is 19.2 Å². The van der Waals surface area contributed by atoms with Crippen molar-refractivity contribution in [2.75, 3.05) is 28.4 Å². The number of pyridine rings is 2. The van der Waals surface area contributed by atoms with E-state index in [0.29, 0.717) is 68.6 Å². The number of hydrogen-bond donors (Lipinski definition) is 0. The zero-order valence-corrected chi connectivity index (χ0v) is 46.4. The van der Waals surface area contributed by atoms with Crippen molar-refractivity contribution in [1.82, 2.24) is 9.97 Å². The Morgan fingerprint density at radius 2 is 0.537 bits per heavy atom. The van der Waals surface area contributed by atoms with Gasteiger partial charge >= 0.3 is 34.1 Å². The van der Waals surface area contributed by atoms with Crippen molar-refractivity contribution in [1.29, 1.82) is 0 Å². The quantitative estimate of drug-likeness (QED) is 0.0297. The van der Waals surface area contributed by atoms with Gasteiger partial charge < -0.3 is 91.0 Å². The van der Waals surface area contributed by atoms with Crippen LogP contribution in [0.2, 0.25) is 0 Å². The molecule has 0 aliphatic carbocycles. The average Bonchev–Trinajstić information content (AvgIpc) is 3.47. The van der Waals surface area contributed by atoms with E-state index >= 15 is 0 Å².